The van der Waals surface area contributed by atoms with E-state index in [1.807, 2.05) is 0 Å². The van der Waals surface area contributed by atoms with Gasteiger partial charge in [0.05, 0.1) is 34.4 Å². The van der Waals surface area contributed by atoms with Crippen LogP contribution in [-0.4, -0.2) is 39.8 Å². The molecule has 0 spiro atoms. The van der Waals surface area contributed by atoms with E-state index < -0.39 is 23.3 Å². The second-order valence-electron chi connectivity index (χ2n) is 8.91. The number of rotatable bonds is 4. The average Bonchev–Trinajstić information content (AvgIpc) is 3.63. The zero-order valence-corrected chi connectivity index (χ0v) is 22.0. The Labute approximate surface area is 229 Å². The lowest BCUT2D eigenvalue weighted by Gasteiger charge is -2.19. The van der Waals surface area contributed by atoms with E-state index >= 15 is 0 Å². The lowest BCUT2D eigenvalue weighted by atomic mass is 10.2. The third-order valence-corrected chi connectivity index (χ3v) is 7.02. The quantitative estimate of drug-likeness (QED) is 0.320. The van der Waals surface area contributed by atoms with Gasteiger partial charge in [0.15, 0.2) is 11.5 Å². The Morgan fingerprint density at radius 1 is 1.23 bits per heavy atom. The summed E-state index contributed by atoms with van der Waals surface area (Å²) >= 11 is 1.26. The van der Waals surface area contributed by atoms with Gasteiger partial charge in [0.2, 0.25) is 0 Å². The molecule has 0 bridgehead atoms. The zero-order chi connectivity index (χ0) is 28.0. The maximum absolute atomic E-state index is 14.0. The number of benzene rings is 1. The molecule has 11 nitrogen and oxygen atoms in total. The van der Waals surface area contributed by atoms with Crippen LogP contribution in [0.1, 0.15) is 40.3 Å². The lowest BCUT2D eigenvalue weighted by Crippen LogP contribution is -2.33. The number of carbonyl (C=O) groups excluding carboxylic acids is 1. The maximum Gasteiger partial charge on any atom is 0.268 e. The molecule has 0 radical (unpaired) electrons. The first-order valence-corrected chi connectivity index (χ1v) is 12.9. The van der Waals surface area contributed by atoms with Crippen molar-refractivity contribution in [2.24, 2.45) is 7.05 Å². The highest BCUT2D eigenvalue weighted by Gasteiger charge is 2.25. The largest absolute Gasteiger partial charge is 0.381 e. The number of nitrogen functional groups attached to an aromatic ring is 1. The molecule has 5 aromatic heterocycles. The van der Waals surface area contributed by atoms with Crippen molar-refractivity contribution in [2.75, 3.05) is 5.73 Å². The summed E-state index contributed by atoms with van der Waals surface area (Å²) in [4.78, 5) is 36.7. The Morgan fingerprint density at radius 3 is 2.77 bits per heavy atom. The van der Waals surface area contributed by atoms with Crippen molar-refractivity contribution in [3.05, 3.63) is 99.2 Å². The van der Waals surface area contributed by atoms with Gasteiger partial charge in [0.25, 0.3) is 11.5 Å². The van der Waals surface area contributed by atoms with Crippen LogP contribution >= 0.6 is 11.3 Å². The van der Waals surface area contributed by atoms with Crippen molar-refractivity contribution in [1.29, 1.82) is 0 Å². The third-order valence-electron chi connectivity index (χ3n) is 6.15. The average molecular weight is 554 g/mol. The molecule has 3 N–H and O–H groups in total. The molecule has 0 saturated heterocycles. The van der Waals surface area contributed by atoms with Crippen LogP contribution < -0.4 is 16.6 Å². The Bertz CT molecular complexity index is 2040. The van der Waals surface area contributed by atoms with Crippen LogP contribution in [-0.2, 0) is 7.05 Å². The molecule has 1 atom stereocenters. The second-order valence-corrected chi connectivity index (χ2v) is 9.77. The van der Waals surface area contributed by atoms with Crippen LogP contribution in [0.15, 0.2) is 65.3 Å². The van der Waals surface area contributed by atoms with Gasteiger partial charge >= 0.3 is 0 Å². The topological polar surface area (TPSA) is 138 Å². The molecule has 6 rings (SSSR count). The van der Waals surface area contributed by atoms with Crippen LogP contribution in [0.3, 0.4) is 0 Å². The zero-order valence-electron chi connectivity index (χ0n) is 21.2. The van der Waals surface area contributed by atoms with Crippen LogP contribution in [0, 0.1) is 17.7 Å². The summed E-state index contributed by atoms with van der Waals surface area (Å²) in [5.41, 5.74) is 7.60. The molecule has 0 aliphatic carbocycles. The molecule has 1 aromatic carbocycles. The van der Waals surface area contributed by atoms with Gasteiger partial charge in [-0.05, 0) is 37.3 Å². The number of hydrogen-bond acceptors (Lipinski definition) is 8. The number of aromatic nitrogens is 7. The molecular formula is C27H20FN9O2S. The summed E-state index contributed by atoms with van der Waals surface area (Å²) in [6.45, 7) is 1.69. The number of thiophene rings is 1. The van der Waals surface area contributed by atoms with Gasteiger partial charge in [-0.3, -0.25) is 18.8 Å². The van der Waals surface area contributed by atoms with Gasteiger partial charge < -0.3 is 11.1 Å². The predicted octanol–water partition coefficient (Wildman–Crippen LogP) is 2.84. The van der Waals surface area contributed by atoms with E-state index in [0.29, 0.717) is 32.7 Å². The SMILES string of the molecule is CC(NC(=O)c1c(N)nn2cccnc12)c1nc2scc(C#Cc3cnn(C)c3)c2c(=O)n1-c1ccc(F)cc1. The fraction of sp³-hybridized carbons (Fsp3) is 0.111. The number of hydrogen-bond donors (Lipinski definition) is 2. The summed E-state index contributed by atoms with van der Waals surface area (Å²) in [6, 6.07) is 6.36. The Hall–Kier alpha value is -5.35. The van der Waals surface area contributed by atoms with Gasteiger partial charge in [-0.15, -0.1) is 16.4 Å². The van der Waals surface area contributed by atoms with E-state index in [1.165, 1.54) is 50.9 Å². The molecule has 6 aromatic rings. The summed E-state index contributed by atoms with van der Waals surface area (Å²) in [7, 11) is 1.79. The molecule has 0 fully saturated rings. The standard InChI is InChI=1S/C27H20FN9O2S/c1-15(32-25(38)21-22(29)34-36-11-3-10-30-24(21)36)23-33-26-20(27(39)37(23)19-8-6-18(28)7-9-19)17(14-40-26)5-4-16-12-31-35(2)13-16/h3,6-15H,1-2H3,(H2,29,34)(H,32,38). The normalized spacial score (nSPS) is 11.9. The van der Waals surface area contributed by atoms with Crippen molar-refractivity contribution in [3.63, 3.8) is 0 Å². The lowest BCUT2D eigenvalue weighted by molar-refractivity contribution is 0.0940. The molecular weight excluding hydrogens is 533 g/mol. The minimum atomic E-state index is -0.764. The van der Waals surface area contributed by atoms with Crippen LogP contribution in [0.25, 0.3) is 21.6 Å². The van der Waals surface area contributed by atoms with Crippen molar-refractivity contribution < 1.29 is 9.18 Å². The Morgan fingerprint density at radius 2 is 2.02 bits per heavy atom. The van der Waals surface area contributed by atoms with E-state index in [0.717, 1.165) is 0 Å². The van der Waals surface area contributed by atoms with Crippen LogP contribution in [0.2, 0.25) is 0 Å². The number of fused-ring (bicyclic) bond motifs is 2. The number of carbonyl (C=O) groups is 1. The molecule has 13 heteroatoms. The molecule has 0 aliphatic rings. The Kier molecular flexibility index (Phi) is 6.08. The predicted molar refractivity (Wildman–Crippen MR) is 148 cm³/mol. The van der Waals surface area contributed by atoms with E-state index in [-0.39, 0.29) is 17.2 Å². The van der Waals surface area contributed by atoms with Crippen molar-refractivity contribution in [1.82, 2.24) is 39.2 Å². The molecule has 1 unspecified atom stereocenters. The highest BCUT2D eigenvalue weighted by atomic mass is 32.1. The number of amides is 1. The number of nitrogens with two attached hydrogens (primary N) is 1. The third kappa shape index (κ3) is 4.36. The van der Waals surface area contributed by atoms with Gasteiger partial charge in [0, 0.05) is 31.0 Å². The summed E-state index contributed by atoms with van der Waals surface area (Å²) < 4.78 is 18.2. The van der Waals surface area contributed by atoms with Crippen molar-refractivity contribution >= 4 is 38.9 Å². The summed E-state index contributed by atoms with van der Waals surface area (Å²) in [6.07, 6.45) is 6.56. The minimum absolute atomic E-state index is 0.0119. The number of aryl methyl sites for hydroxylation is 1. The minimum Gasteiger partial charge on any atom is -0.381 e. The fourth-order valence-electron chi connectivity index (χ4n) is 4.31. The first-order valence-electron chi connectivity index (χ1n) is 12.0. The van der Waals surface area contributed by atoms with Gasteiger partial charge in [-0.1, -0.05) is 11.8 Å². The molecule has 0 saturated carbocycles. The smallest absolute Gasteiger partial charge is 0.268 e. The van der Waals surface area contributed by atoms with Crippen molar-refractivity contribution in [3.8, 4) is 17.5 Å². The monoisotopic (exact) mass is 553 g/mol. The Balaban J connectivity index is 1.46. The number of nitrogens with one attached hydrogen (secondary N) is 1. The van der Waals surface area contributed by atoms with Crippen molar-refractivity contribution in [2.45, 2.75) is 13.0 Å². The fourth-order valence-corrected chi connectivity index (χ4v) is 5.18. The summed E-state index contributed by atoms with van der Waals surface area (Å²) in [5.74, 6) is 5.33. The molecule has 198 valence electrons. The molecule has 5 heterocycles. The molecule has 1 amide bonds. The van der Waals surface area contributed by atoms with E-state index in [4.69, 9.17) is 10.7 Å². The van der Waals surface area contributed by atoms with Gasteiger partial charge in [-0.25, -0.2) is 18.9 Å². The molecule has 0 aliphatic heterocycles. The van der Waals surface area contributed by atoms with E-state index in [1.54, 1.807) is 48.7 Å². The first kappa shape index (κ1) is 25.0. The summed E-state index contributed by atoms with van der Waals surface area (Å²) in [5, 5.41) is 13.2. The first-order chi connectivity index (χ1) is 19.3. The second kappa shape index (κ2) is 9.75. The van der Waals surface area contributed by atoms with E-state index in [9.17, 15) is 14.0 Å². The van der Waals surface area contributed by atoms with Crippen LogP contribution in [0.4, 0.5) is 10.2 Å². The highest BCUT2D eigenvalue weighted by molar-refractivity contribution is 7.17. The molecule has 40 heavy (non-hydrogen) atoms. The van der Waals surface area contributed by atoms with Gasteiger partial charge in [-0.2, -0.15) is 5.10 Å². The number of nitrogens with zero attached hydrogens (tertiary/aromatic N) is 7. The maximum atomic E-state index is 14.0. The van der Waals surface area contributed by atoms with E-state index in [2.05, 4.69) is 32.3 Å². The van der Waals surface area contributed by atoms with Crippen LogP contribution in [0.5, 0.6) is 0 Å². The number of halogens is 1. The highest BCUT2D eigenvalue weighted by Crippen LogP contribution is 2.25. The number of anilines is 1. The van der Waals surface area contributed by atoms with Gasteiger partial charge in [0.1, 0.15) is 22.0 Å².